The highest BCUT2D eigenvalue weighted by Gasteiger charge is 2.19. The standard InChI is InChI=1S/C18H27FN4O2.HI/c1-20-18(21-10-4-3-5-17(24)25-2)23-13-11-22(12-14-23)16-8-6-15(19)7-9-16;/h6-9H,3-5,10-14H2,1-2H3,(H,20,21);1H. The second-order valence-corrected chi connectivity index (χ2v) is 5.96. The van der Waals surface area contributed by atoms with E-state index in [4.69, 9.17) is 0 Å². The molecule has 1 aromatic rings. The van der Waals surface area contributed by atoms with Gasteiger partial charge in [-0.3, -0.25) is 9.79 Å². The summed E-state index contributed by atoms with van der Waals surface area (Å²) in [6.07, 6.45) is 2.14. The summed E-state index contributed by atoms with van der Waals surface area (Å²) in [6.45, 7) is 4.24. The van der Waals surface area contributed by atoms with Gasteiger partial charge in [0.2, 0.25) is 0 Å². The monoisotopic (exact) mass is 478 g/mol. The summed E-state index contributed by atoms with van der Waals surface area (Å²) in [5.74, 6) is 0.511. The molecule has 146 valence electrons. The zero-order valence-corrected chi connectivity index (χ0v) is 17.7. The third kappa shape index (κ3) is 6.97. The topological polar surface area (TPSA) is 57.2 Å². The van der Waals surface area contributed by atoms with E-state index >= 15 is 0 Å². The molecule has 0 aromatic heterocycles. The Bertz CT molecular complexity index is 575. The number of rotatable bonds is 6. The second-order valence-electron chi connectivity index (χ2n) is 5.96. The molecule has 1 aliphatic heterocycles. The van der Waals surface area contributed by atoms with Crippen molar-refractivity contribution < 1.29 is 13.9 Å². The number of anilines is 1. The Morgan fingerprint density at radius 1 is 1.19 bits per heavy atom. The lowest BCUT2D eigenvalue weighted by molar-refractivity contribution is -0.140. The number of carbonyl (C=O) groups is 1. The minimum absolute atomic E-state index is 0. The maximum atomic E-state index is 13.0. The number of ether oxygens (including phenoxy) is 1. The zero-order valence-electron chi connectivity index (χ0n) is 15.4. The van der Waals surface area contributed by atoms with Crippen LogP contribution in [-0.4, -0.2) is 63.7 Å². The van der Waals surface area contributed by atoms with Gasteiger partial charge in [0.25, 0.3) is 0 Å². The third-order valence-electron chi connectivity index (χ3n) is 4.30. The van der Waals surface area contributed by atoms with Gasteiger partial charge in [-0.05, 0) is 37.1 Å². The van der Waals surface area contributed by atoms with Crippen LogP contribution in [0.3, 0.4) is 0 Å². The van der Waals surface area contributed by atoms with E-state index in [0.717, 1.165) is 57.2 Å². The van der Waals surface area contributed by atoms with Gasteiger partial charge >= 0.3 is 5.97 Å². The van der Waals surface area contributed by atoms with Gasteiger partial charge in [-0.15, -0.1) is 24.0 Å². The minimum atomic E-state index is -0.209. The third-order valence-corrected chi connectivity index (χ3v) is 4.30. The van der Waals surface area contributed by atoms with Crippen LogP contribution in [0.4, 0.5) is 10.1 Å². The van der Waals surface area contributed by atoms with Crippen molar-refractivity contribution in [2.24, 2.45) is 4.99 Å². The predicted molar refractivity (Wildman–Crippen MR) is 113 cm³/mol. The Kier molecular flexibility index (Phi) is 10.3. The number of nitrogens with one attached hydrogen (secondary N) is 1. The number of halogens is 2. The summed E-state index contributed by atoms with van der Waals surface area (Å²) < 4.78 is 17.7. The van der Waals surface area contributed by atoms with Crippen molar-refractivity contribution in [3.8, 4) is 0 Å². The van der Waals surface area contributed by atoms with Crippen molar-refractivity contribution in [2.75, 3.05) is 51.8 Å². The van der Waals surface area contributed by atoms with Gasteiger partial charge in [0.15, 0.2) is 5.96 Å². The number of hydrogen-bond donors (Lipinski definition) is 1. The van der Waals surface area contributed by atoms with E-state index in [1.54, 1.807) is 7.05 Å². The van der Waals surface area contributed by atoms with Gasteiger partial charge in [-0.1, -0.05) is 0 Å². The largest absolute Gasteiger partial charge is 0.469 e. The van der Waals surface area contributed by atoms with Gasteiger partial charge in [-0.2, -0.15) is 0 Å². The van der Waals surface area contributed by atoms with Crippen molar-refractivity contribution in [3.05, 3.63) is 30.1 Å². The first-order valence-corrected chi connectivity index (χ1v) is 8.67. The Hall–Kier alpha value is -1.58. The Labute approximate surface area is 171 Å². The molecule has 0 aliphatic carbocycles. The van der Waals surface area contributed by atoms with Gasteiger partial charge in [0.1, 0.15) is 5.82 Å². The Morgan fingerprint density at radius 3 is 2.42 bits per heavy atom. The predicted octanol–water partition coefficient (Wildman–Crippen LogP) is 2.48. The summed E-state index contributed by atoms with van der Waals surface area (Å²) in [5, 5.41) is 3.35. The van der Waals surface area contributed by atoms with Gasteiger partial charge in [0, 0.05) is 51.9 Å². The second kappa shape index (κ2) is 11.9. The maximum Gasteiger partial charge on any atom is 0.305 e. The molecule has 1 N–H and O–H groups in total. The number of carbonyl (C=O) groups excluding carboxylic acids is 1. The number of benzene rings is 1. The minimum Gasteiger partial charge on any atom is -0.469 e. The lowest BCUT2D eigenvalue weighted by Gasteiger charge is -2.37. The highest BCUT2D eigenvalue weighted by atomic mass is 127. The molecule has 2 rings (SSSR count). The highest BCUT2D eigenvalue weighted by molar-refractivity contribution is 14.0. The zero-order chi connectivity index (χ0) is 18.1. The Morgan fingerprint density at radius 2 is 1.85 bits per heavy atom. The normalized spacial score (nSPS) is 14.7. The van der Waals surface area contributed by atoms with Crippen LogP contribution >= 0.6 is 24.0 Å². The van der Waals surface area contributed by atoms with Crippen molar-refractivity contribution in [3.63, 3.8) is 0 Å². The van der Waals surface area contributed by atoms with E-state index < -0.39 is 0 Å². The van der Waals surface area contributed by atoms with E-state index in [-0.39, 0.29) is 35.8 Å². The van der Waals surface area contributed by atoms with Crippen LogP contribution in [0.1, 0.15) is 19.3 Å². The van der Waals surface area contributed by atoms with E-state index in [0.29, 0.717) is 6.42 Å². The molecule has 8 heteroatoms. The number of guanidine groups is 1. The first kappa shape index (κ1) is 22.5. The average molecular weight is 478 g/mol. The highest BCUT2D eigenvalue weighted by Crippen LogP contribution is 2.16. The average Bonchev–Trinajstić information content (AvgIpc) is 2.65. The summed E-state index contributed by atoms with van der Waals surface area (Å²) >= 11 is 0. The van der Waals surface area contributed by atoms with Crippen LogP contribution < -0.4 is 10.2 Å². The van der Waals surface area contributed by atoms with Gasteiger partial charge in [0.05, 0.1) is 7.11 Å². The maximum absolute atomic E-state index is 13.0. The fraction of sp³-hybridized carbons (Fsp3) is 0.556. The van der Waals surface area contributed by atoms with E-state index in [1.807, 2.05) is 12.1 Å². The van der Waals surface area contributed by atoms with Crippen molar-refractivity contribution >= 4 is 41.6 Å². The molecule has 0 spiro atoms. The number of esters is 1. The van der Waals surface area contributed by atoms with E-state index in [9.17, 15) is 9.18 Å². The van der Waals surface area contributed by atoms with Crippen LogP contribution in [0.5, 0.6) is 0 Å². The molecule has 1 heterocycles. The van der Waals surface area contributed by atoms with Crippen molar-refractivity contribution in [1.82, 2.24) is 10.2 Å². The van der Waals surface area contributed by atoms with Crippen LogP contribution in [0.2, 0.25) is 0 Å². The van der Waals surface area contributed by atoms with Crippen LogP contribution in [0.15, 0.2) is 29.3 Å². The number of methoxy groups -OCH3 is 1. The molecular formula is C18H28FIN4O2. The smallest absolute Gasteiger partial charge is 0.305 e. The molecule has 1 saturated heterocycles. The first-order chi connectivity index (χ1) is 12.1. The molecular weight excluding hydrogens is 450 g/mol. The van der Waals surface area contributed by atoms with E-state index in [1.165, 1.54) is 19.2 Å². The SMILES string of the molecule is CN=C(NCCCCC(=O)OC)N1CCN(c2ccc(F)cc2)CC1.I. The van der Waals surface area contributed by atoms with Gasteiger partial charge in [-0.25, -0.2) is 4.39 Å². The number of nitrogens with zero attached hydrogens (tertiary/aromatic N) is 3. The van der Waals surface area contributed by atoms with Gasteiger partial charge < -0.3 is 19.9 Å². The number of piperazine rings is 1. The first-order valence-electron chi connectivity index (χ1n) is 8.67. The number of aliphatic imine (C=N–C) groups is 1. The van der Waals surface area contributed by atoms with E-state index in [2.05, 4.69) is 24.8 Å². The number of unbranched alkanes of at least 4 members (excludes halogenated alkanes) is 1. The molecule has 6 nitrogen and oxygen atoms in total. The Balaban J connectivity index is 0.00000338. The molecule has 0 amide bonds. The van der Waals surface area contributed by atoms with Crippen LogP contribution in [0.25, 0.3) is 0 Å². The molecule has 1 aromatic carbocycles. The molecule has 1 fully saturated rings. The molecule has 1 aliphatic rings. The quantitative estimate of drug-likeness (QED) is 0.224. The molecule has 0 atom stereocenters. The molecule has 0 bridgehead atoms. The summed E-state index contributed by atoms with van der Waals surface area (Å²) in [7, 11) is 3.19. The lowest BCUT2D eigenvalue weighted by Crippen LogP contribution is -2.52. The summed E-state index contributed by atoms with van der Waals surface area (Å²) in [6, 6.07) is 6.63. The molecule has 0 saturated carbocycles. The number of hydrogen-bond acceptors (Lipinski definition) is 4. The van der Waals surface area contributed by atoms with Crippen LogP contribution in [-0.2, 0) is 9.53 Å². The summed E-state index contributed by atoms with van der Waals surface area (Å²) in [4.78, 5) is 19.9. The summed E-state index contributed by atoms with van der Waals surface area (Å²) in [5.41, 5.74) is 1.05. The van der Waals surface area contributed by atoms with Crippen LogP contribution in [0, 0.1) is 5.82 Å². The fourth-order valence-electron chi connectivity index (χ4n) is 2.86. The molecule has 26 heavy (non-hydrogen) atoms. The van der Waals surface area contributed by atoms with Crippen molar-refractivity contribution in [2.45, 2.75) is 19.3 Å². The lowest BCUT2D eigenvalue weighted by atomic mass is 10.2. The fourth-order valence-corrected chi connectivity index (χ4v) is 2.86. The molecule has 0 radical (unpaired) electrons. The molecule has 0 unspecified atom stereocenters. The van der Waals surface area contributed by atoms with Crippen molar-refractivity contribution in [1.29, 1.82) is 0 Å².